The maximum absolute atomic E-state index is 5.25. The lowest BCUT2D eigenvalue weighted by molar-refractivity contribution is 0.138. The van der Waals surface area contributed by atoms with Gasteiger partial charge in [-0.3, -0.25) is 4.99 Å². The van der Waals surface area contributed by atoms with E-state index in [0.29, 0.717) is 12.0 Å². The molecule has 0 aromatic heterocycles. The van der Waals surface area contributed by atoms with Crippen LogP contribution in [0.15, 0.2) is 4.99 Å². The molecule has 1 saturated carbocycles. The summed E-state index contributed by atoms with van der Waals surface area (Å²) in [6.45, 7) is 3.29. The second-order valence-electron chi connectivity index (χ2n) is 5.30. The summed E-state index contributed by atoms with van der Waals surface area (Å²) in [5.41, 5.74) is 0.384. The molecule has 20 heavy (non-hydrogen) atoms. The number of rotatable bonds is 8. The number of hydrogen-bond donors (Lipinski definition) is 2. The Balaban J connectivity index is 0.00000361. The van der Waals surface area contributed by atoms with E-state index in [2.05, 4.69) is 15.6 Å². The van der Waals surface area contributed by atoms with Crippen LogP contribution in [0.2, 0.25) is 0 Å². The summed E-state index contributed by atoms with van der Waals surface area (Å²) in [5.74, 6) is 0.862. The maximum atomic E-state index is 5.25. The van der Waals surface area contributed by atoms with Crippen molar-refractivity contribution in [2.24, 2.45) is 10.4 Å². The molecule has 0 radical (unpaired) electrons. The predicted molar refractivity (Wildman–Crippen MR) is 94.0 cm³/mol. The van der Waals surface area contributed by atoms with Crippen molar-refractivity contribution in [3.8, 4) is 0 Å². The molecule has 5 nitrogen and oxygen atoms in total. The third kappa shape index (κ3) is 7.08. The molecule has 0 amide bonds. The molecular formula is C14H30IN3O2. The van der Waals surface area contributed by atoms with Gasteiger partial charge in [0, 0.05) is 41.0 Å². The summed E-state index contributed by atoms with van der Waals surface area (Å²) in [5, 5.41) is 6.70. The number of aliphatic imine (C=N–C) groups is 1. The highest BCUT2D eigenvalue weighted by atomic mass is 127. The molecule has 120 valence electrons. The van der Waals surface area contributed by atoms with Gasteiger partial charge in [-0.05, 0) is 24.7 Å². The quantitative estimate of drug-likeness (QED) is 0.284. The number of nitrogens with one attached hydrogen (secondary N) is 2. The zero-order valence-electron chi connectivity index (χ0n) is 13.0. The highest BCUT2D eigenvalue weighted by molar-refractivity contribution is 14.0. The van der Waals surface area contributed by atoms with E-state index in [9.17, 15) is 0 Å². The van der Waals surface area contributed by atoms with Crippen LogP contribution < -0.4 is 10.6 Å². The van der Waals surface area contributed by atoms with Crippen molar-refractivity contribution in [2.75, 3.05) is 47.6 Å². The third-order valence-electron chi connectivity index (χ3n) is 3.95. The molecule has 0 atom stereocenters. The monoisotopic (exact) mass is 399 g/mol. The van der Waals surface area contributed by atoms with Crippen LogP contribution >= 0.6 is 24.0 Å². The van der Waals surface area contributed by atoms with Crippen LogP contribution in [0.5, 0.6) is 0 Å². The summed E-state index contributed by atoms with van der Waals surface area (Å²) in [4.78, 5) is 4.24. The van der Waals surface area contributed by atoms with Gasteiger partial charge in [0.2, 0.25) is 0 Å². The summed E-state index contributed by atoms with van der Waals surface area (Å²) in [6.07, 6.45) is 6.38. The molecule has 0 bridgehead atoms. The minimum atomic E-state index is 0. The van der Waals surface area contributed by atoms with E-state index < -0.39 is 0 Å². The standard InChI is InChI=1S/C14H29N3O2.HI/c1-15-13(16-9-11-19-3)17-12-14(8-10-18-2)6-4-5-7-14;/h4-12H2,1-3H3,(H2,15,16,17);1H. The normalized spacial score (nSPS) is 17.6. The Hall–Kier alpha value is -0.0800. The first-order valence-corrected chi connectivity index (χ1v) is 7.19. The van der Waals surface area contributed by atoms with Gasteiger partial charge in [-0.15, -0.1) is 24.0 Å². The third-order valence-corrected chi connectivity index (χ3v) is 3.95. The topological polar surface area (TPSA) is 54.9 Å². The van der Waals surface area contributed by atoms with E-state index in [1.807, 2.05) is 0 Å². The molecule has 2 N–H and O–H groups in total. The number of guanidine groups is 1. The first-order valence-electron chi connectivity index (χ1n) is 7.19. The Morgan fingerprint density at radius 2 is 1.75 bits per heavy atom. The summed E-state index contributed by atoms with van der Waals surface area (Å²) < 4.78 is 10.3. The van der Waals surface area contributed by atoms with Gasteiger partial charge < -0.3 is 20.1 Å². The highest BCUT2D eigenvalue weighted by Crippen LogP contribution is 2.40. The molecule has 0 aromatic rings. The number of hydrogen-bond acceptors (Lipinski definition) is 3. The lowest BCUT2D eigenvalue weighted by Crippen LogP contribution is -2.44. The smallest absolute Gasteiger partial charge is 0.191 e. The zero-order chi connectivity index (χ0) is 14.0. The van der Waals surface area contributed by atoms with E-state index in [-0.39, 0.29) is 24.0 Å². The van der Waals surface area contributed by atoms with Crippen LogP contribution in [0.1, 0.15) is 32.1 Å². The van der Waals surface area contributed by atoms with E-state index in [4.69, 9.17) is 9.47 Å². The van der Waals surface area contributed by atoms with E-state index >= 15 is 0 Å². The first-order chi connectivity index (χ1) is 9.26. The maximum Gasteiger partial charge on any atom is 0.191 e. The fraction of sp³-hybridized carbons (Fsp3) is 0.929. The number of methoxy groups -OCH3 is 2. The first kappa shape index (κ1) is 19.9. The number of ether oxygens (including phenoxy) is 2. The summed E-state index contributed by atoms with van der Waals surface area (Å²) in [6, 6.07) is 0. The van der Waals surface area contributed by atoms with Crippen molar-refractivity contribution in [3.05, 3.63) is 0 Å². The average molecular weight is 399 g/mol. The molecule has 6 heteroatoms. The van der Waals surface area contributed by atoms with Crippen molar-refractivity contribution >= 4 is 29.9 Å². The predicted octanol–water partition coefficient (Wildman–Crippen LogP) is 2.01. The number of halogens is 1. The molecule has 0 unspecified atom stereocenters. The van der Waals surface area contributed by atoms with Crippen molar-refractivity contribution in [3.63, 3.8) is 0 Å². The van der Waals surface area contributed by atoms with E-state index in [1.54, 1.807) is 21.3 Å². The molecule has 1 rings (SSSR count). The lowest BCUT2D eigenvalue weighted by Gasteiger charge is -2.29. The van der Waals surface area contributed by atoms with Crippen molar-refractivity contribution in [2.45, 2.75) is 32.1 Å². The Labute approximate surface area is 140 Å². The Morgan fingerprint density at radius 1 is 1.10 bits per heavy atom. The highest BCUT2D eigenvalue weighted by Gasteiger charge is 2.33. The summed E-state index contributed by atoms with van der Waals surface area (Å²) >= 11 is 0. The van der Waals surface area contributed by atoms with Gasteiger partial charge in [-0.1, -0.05) is 12.8 Å². The fourth-order valence-electron chi connectivity index (χ4n) is 2.72. The van der Waals surface area contributed by atoms with Gasteiger partial charge in [0.25, 0.3) is 0 Å². The molecule has 0 spiro atoms. The second kappa shape index (κ2) is 11.6. The Kier molecular flexibility index (Phi) is 11.5. The minimum absolute atomic E-state index is 0. The minimum Gasteiger partial charge on any atom is -0.385 e. The van der Waals surface area contributed by atoms with Gasteiger partial charge in [0.05, 0.1) is 6.61 Å². The molecule has 1 aliphatic rings. The largest absolute Gasteiger partial charge is 0.385 e. The second-order valence-corrected chi connectivity index (χ2v) is 5.30. The van der Waals surface area contributed by atoms with Crippen molar-refractivity contribution < 1.29 is 9.47 Å². The fourth-order valence-corrected chi connectivity index (χ4v) is 2.72. The van der Waals surface area contributed by atoms with Gasteiger partial charge >= 0.3 is 0 Å². The Bertz CT molecular complexity index is 269. The zero-order valence-corrected chi connectivity index (χ0v) is 15.4. The van der Waals surface area contributed by atoms with Crippen LogP contribution in [0.3, 0.4) is 0 Å². The average Bonchev–Trinajstić information content (AvgIpc) is 2.90. The molecular weight excluding hydrogens is 369 g/mol. The number of nitrogens with zero attached hydrogens (tertiary/aromatic N) is 1. The SMILES string of the molecule is CN=C(NCCOC)NCC1(CCOC)CCCC1.I. The van der Waals surface area contributed by atoms with Crippen molar-refractivity contribution in [1.82, 2.24) is 10.6 Å². The van der Waals surface area contributed by atoms with Crippen LogP contribution in [0, 0.1) is 5.41 Å². The van der Waals surface area contributed by atoms with E-state index in [0.717, 1.165) is 32.1 Å². The van der Waals surface area contributed by atoms with Gasteiger partial charge in [-0.25, -0.2) is 0 Å². The molecule has 0 aliphatic heterocycles. The summed E-state index contributed by atoms with van der Waals surface area (Å²) in [7, 11) is 5.29. The molecule has 1 aliphatic carbocycles. The van der Waals surface area contributed by atoms with E-state index in [1.165, 1.54) is 25.7 Å². The lowest BCUT2D eigenvalue weighted by atomic mass is 9.83. The van der Waals surface area contributed by atoms with Gasteiger partial charge in [0.15, 0.2) is 5.96 Å². The molecule has 1 fully saturated rings. The van der Waals surface area contributed by atoms with Crippen LogP contribution in [-0.2, 0) is 9.47 Å². The van der Waals surface area contributed by atoms with Gasteiger partial charge in [0.1, 0.15) is 0 Å². The van der Waals surface area contributed by atoms with Crippen LogP contribution in [0.4, 0.5) is 0 Å². The Morgan fingerprint density at radius 3 is 2.30 bits per heavy atom. The van der Waals surface area contributed by atoms with Crippen molar-refractivity contribution in [1.29, 1.82) is 0 Å². The molecule has 0 heterocycles. The molecule has 0 aromatic carbocycles. The van der Waals surface area contributed by atoms with Gasteiger partial charge in [-0.2, -0.15) is 0 Å². The van der Waals surface area contributed by atoms with Crippen LogP contribution in [0.25, 0.3) is 0 Å². The van der Waals surface area contributed by atoms with Crippen LogP contribution in [-0.4, -0.2) is 53.5 Å². The molecule has 0 saturated heterocycles.